The van der Waals surface area contributed by atoms with Crippen LogP contribution in [-0.2, 0) is 11.3 Å². The Morgan fingerprint density at radius 1 is 1.91 bits per heavy atom. The minimum atomic E-state index is -0.447. The lowest BCUT2D eigenvalue weighted by Gasteiger charge is -1.92. The minimum absolute atomic E-state index is 0.231. The van der Waals surface area contributed by atoms with Crippen LogP contribution in [0.2, 0.25) is 0 Å². The second-order valence-corrected chi connectivity index (χ2v) is 1.97. The van der Waals surface area contributed by atoms with Gasteiger partial charge in [0.25, 0.3) is 0 Å². The van der Waals surface area contributed by atoms with Gasteiger partial charge in [-0.05, 0) is 6.92 Å². The molecule has 59 valence electrons. The number of aryl methyl sites for hydroxylation is 1. The second kappa shape index (κ2) is 3.18. The molecule has 0 spiro atoms. The summed E-state index contributed by atoms with van der Waals surface area (Å²) in [5.74, 6) is -0.447. The number of carbonyl (C=O) groups is 1. The molecule has 0 saturated carbocycles. The molecule has 1 aromatic heterocycles. The number of hydrogen-bond acceptors (Lipinski definition) is 3. The van der Waals surface area contributed by atoms with Crippen molar-refractivity contribution in [2.75, 3.05) is 7.11 Å². The van der Waals surface area contributed by atoms with Gasteiger partial charge >= 0.3 is 5.97 Å². The SMILES string of the molecule is CCn1c[c]c(C(=O)OC)n1. The van der Waals surface area contributed by atoms with Crippen LogP contribution in [0.4, 0.5) is 0 Å². The minimum Gasteiger partial charge on any atom is -0.464 e. The Morgan fingerprint density at radius 3 is 3.09 bits per heavy atom. The summed E-state index contributed by atoms with van der Waals surface area (Å²) >= 11 is 0. The van der Waals surface area contributed by atoms with Crippen molar-refractivity contribution in [1.29, 1.82) is 0 Å². The second-order valence-electron chi connectivity index (χ2n) is 1.97. The Bertz CT molecular complexity index is 255. The Kier molecular flexibility index (Phi) is 2.25. The first-order chi connectivity index (χ1) is 5.27. The summed E-state index contributed by atoms with van der Waals surface area (Å²) in [6, 6.07) is 2.68. The third-order valence-corrected chi connectivity index (χ3v) is 1.28. The maximum Gasteiger partial charge on any atom is 0.359 e. The molecule has 0 aliphatic rings. The van der Waals surface area contributed by atoms with Crippen LogP contribution in [0.1, 0.15) is 17.4 Å². The molecule has 0 bridgehead atoms. The van der Waals surface area contributed by atoms with Crippen LogP contribution in [-0.4, -0.2) is 22.9 Å². The number of hydrogen-bond donors (Lipinski definition) is 0. The van der Waals surface area contributed by atoms with Crippen molar-refractivity contribution < 1.29 is 9.53 Å². The average Bonchev–Trinajstić information content (AvgIpc) is 2.50. The smallest absolute Gasteiger partial charge is 0.359 e. The zero-order valence-corrected chi connectivity index (χ0v) is 6.50. The maximum atomic E-state index is 10.8. The van der Waals surface area contributed by atoms with Crippen LogP contribution in [0.25, 0.3) is 0 Å². The van der Waals surface area contributed by atoms with Crippen LogP contribution in [0.15, 0.2) is 6.20 Å². The Balaban J connectivity index is 2.80. The van der Waals surface area contributed by atoms with E-state index in [-0.39, 0.29) is 5.69 Å². The van der Waals surface area contributed by atoms with E-state index in [1.165, 1.54) is 7.11 Å². The molecule has 0 atom stereocenters. The summed E-state index contributed by atoms with van der Waals surface area (Å²) in [5.41, 5.74) is 0.231. The monoisotopic (exact) mass is 153 g/mol. The van der Waals surface area contributed by atoms with Crippen molar-refractivity contribution in [2.45, 2.75) is 13.5 Å². The quantitative estimate of drug-likeness (QED) is 0.581. The molecular weight excluding hydrogens is 144 g/mol. The lowest BCUT2D eigenvalue weighted by molar-refractivity contribution is 0.0592. The van der Waals surface area contributed by atoms with E-state index in [9.17, 15) is 4.79 Å². The highest BCUT2D eigenvalue weighted by molar-refractivity contribution is 5.86. The summed E-state index contributed by atoms with van der Waals surface area (Å²) in [6.07, 6.45) is 1.62. The van der Waals surface area contributed by atoms with Crippen LogP contribution < -0.4 is 0 Å². The number of esters is 1. The number of ether oxygens (including phenoxy) is 1. The van der Waals surface area contributed by atoms with Crippen molar-refractivity contribution in [3.63, 3.8) is 0 Å². The van der Waals surface area contributed by atoms with Gasteiger partial charge in [0.2, 0.25) is 0 Å². The third-order valence-electron chi connectivity index (χ3n) is 1.28. The predicted octanol–water partition coefficient (Wildman–Crippen LogP) is 0.490. The molecule has 4 heteroatoms. The fourth-order valence-electron chi connectivity index (χ4n) is 0.680. The van der Waals surface area contributed by atoms with E-state index in [1.54, 1.807) is 10.9 Å². The van der Waals surface area contributed by atoms with Gasteiger partial charge in [-0.25, -0.2) is 4.79 Å². The lowest BCUT2D eigenvalue weighted by Crippen LogP contribution is -2.04. The van der Waals surface area contributed by atoms with Crippen molar-refractivity contribution in [1.82, 2.24) is 9.78 Å². The third kappa shape index (κ3) is 1.58. The van der Waals surface area contributed by atoms with Gasteiger partial charge in [-0.3, -0.25) is 4.68 Å². The predicted molar refractivity (Wildman–Crippen MR) is 38.1 cm³/mol. The molecule has 0 amide bonds. The summed E-state index contributed by atoms with van der Waals surface area (Å²) < 4.78 is 6.07. The molecule has 0 unspecified atom stereocenters. The van der Waals surface area contributed by atoms with Gasteiger partial charge in [-0.1, -0.05) is 0 Å². The highest BCUT2D eigenvalue weighted by Gasteiger charge is 2.08. The van der Waals surface area contributed by atoms with Crippen molar-refractivity contribution in [3.8, 4) is 0 Å². The molecule has 11 heavy (non-hydrogen) atoms. The molecule has 0 N–H and O–H groups in total. The molecule has 1 radical (unpaired) electrons. The molecule has 0 fully saturated rings. The van der Waals surface area contributed by atoms with E-state index in [0.717, 1.165) is 6.54 Å². The number of carbonyl (C=O) groups excluding carboxylic acids is 1. The van der Waals surface area contributed by atoms with Gasteiger partial charge in [0.15, 0.2) is 5.69 Å². The molecule has 0 aromatic carbocycles. The first kappa shape index (κ1) is 7.78. The van der Waals surface area contributed by atoms with E-state index >= 15 is 0 Å². The van der Waals surface area contributed by atoms with Crippen molar-refractivity contribution in [3.05, 3.63) is 18.0 Å². The van der Waals surface area contributed by atoms with Crippen LogP contribution >= 0.6 is 0 Å². The lowest BCUT2D eigenvalue weighted by atomic mass is 10.4. The first-order valence-corrected chi connectivity index (χ1v) is 3.31. The van der Waals surface area contributed by atoms with E-state index in [4.69, 9.17) is 0 Å². The van der Waals surface area contributed by atoms with Crippen LogP contribution in [0.5, 0.6) is 0 Å². The molecule has 1 heterocycles. The first-order valence-electron chi connectivity index (χ1n) is 3.31. The van der Waals surface area contributed by atoms with Gasteiger partial charge in [0.1, 0.15) is 0 Å². The zero-order valence-electron chi connectivity index (χ0n) is 6.50. The van der Waals surface area contributed by atoms with E-state index in [0.29, 0.717) is 0 Å². The topological polar surface area (TPSA) is 44.1 Å². The Labute approximate surface area is 64.8 Å². The van der Waals surface area contributed by atoms with Gasteiger partial charge in [0, 0.05) is 18.8 Å². The standard InChI is InChI=1S/C7H9N2O2/c1-3-9-5-4-6(8-9)7(10)11-2/h5H,3H2,1-2H3. The molecular formula is C7H9N2O2. The fraction of sp³-hybridized carbons (Fsp3) is 0.429. The van der Waals surface area contributed by atoms with E-state index in [2.05, 4.69) is 15.9 Å². The van der Waals surface area contributed by atoms with Gasteiger partial charge < -0.3 is 4.74 Å². The van der Waals surface area contributed by atoms with Crippen LogP contribution in [0.3, 0.4) is 0 Å². The molecule has 1 rings (SSSR count). The average molecular weight is 153 g/mol. The summed E-state index contributed by atoms with van der Waals surface area (Å²) in [7, 11) is 1.32. The number of methoxy groups -OCH3 is 1. The van der Waals surface area contributed by atoms with Gasteiger partial charge in [-0.15, -0.1) is 0 Å². The maximum absolute atomic E-state index is 10.8. The van der Waals surface area contributed by atoms with Gasteiger partial charge in [-0.2, -0.15) is 5.10 Å². The number of rotatable bonds is 2. The normalized spacial score (nSPS) is 9.64. The Hall–Kier alpha value is -1.32. The molecule has 0 saturated heterocycles. The van der Waals surface area contributed by atoms with E-state index in [1.807, 2.05) is 6.92 Å². The Morgan fingerprint density at radius 2 is 2.64 bits per heavy atom. The largest absolute Gasteiger partial charge is 0.464 e. The van der Waals surface area contributed by atoms with Crippen molar-refractivity contribution in [2.24, 2.45) is 0 Å². The zero-order chi connectivity index (χ0) is 8.27. The molecule has 0 aliphatic heterocycles. The molecule has 0 aliphatic carbocycles. The fourth-order valence-corrected chi connectivity index (χ4v) is 0.680. The van der Waals surface area contributed by atoms with Crippen LogP contribution in [0, 0.1) is 6.07 Å². The molecule has 4 nitrogen and oxygen atoms in total. The van der Waals surface area contributed by atoms with Gasteiger partial charge in [0.05, 0.1) is 7.11 Å². The number of nitrogens with zero attached hydrogens (tertiary/aromatic N) is 2. The summed E-state index contributed by atoms with van der Waals surface area (Å²) in [5, 5.41) is 3.89. The highest BCUT2D eigenvalue weighted by Crippen LogP contribution is 1.95. The molecule has 1 aromatic rings. The number of aromatic nitrogens is 2. The van der Waals surface area contributed by atoms with E-state index < -0.39 is 5.97 Å². The highest BCUT2D eigenvalue weighted by atomic mass is 16.5. The van der Waals surface area contributed by atoms with Crippen molar-refractivity contribution >= 4 is 5.97 Å². The summed E-state index contributed by atoms with van der Waals surface area (Å²) in [6.45, 7) is 2.66. The summed E-state index contributed by atoms with van der Waals surface area (Å²) in [4.78, 5) is 10.8.